The van der Waals surface area contributed by atoms with Gasteiger partial charge in [0.1, 0.15) is 18.7 Å². The molecule has 0 saturated heterocycles. The Balaban J connectivity index is 1.35. The number of ether oxygens (including phenoxy) is 1. The number of amides is 1. The molecule has 1 amide bonds. The Bertz CT molecular complexity index is 1220. The van der Waals surface area contributed by atoms with Crippen molar-refractivity contribution in [2.45, 2.75) is 27.0 Å². The van der Waals surface area contributed by atoms with Crippen molar-refractivity contribution < 1.29 is 9.53 Å². The minimum atomic E-state index is -0.247. The number of nitrogens with zero attached hydrogens (tertiary/aromatic N) is 3. The summed E-state index contributed by atoms with van der Waals surface area (Å²) in [4.78, 5) is 17.3. The molecule has 4 aromatic rings. The van der Waals surface area contributed by atoms with Crippen LogP contribution >= 0.6 is 22.9 Å². The van der Waals surface area contributed by atoms with Gasteiger partial charge in [0.05, 0.1) is 11.4 Å². The first-order valence-corrected chi connectivity index (χ1v) is 11.0. The molecule has 0 aliphatic carbocycles. The number of rotatable bonds is 7. The van der Waals surface area contributed by atoms with Crippen LogP contribution in [0.4, 0.5) is 5.95 Å². The van der Waals surface area contributed by atoms with E-state index in [-0.39, 0.29) is 11.9 Å². The van der Waals surface area contributed by atoms with Gasteiger partial charge in [-0.15, -0.1) is 16.4 Å². The van der Waals surface area contributed by atoms with E-state index in [1.807, 2.05) is 54.8 Å². The van der Waals surface area contributed by atoms with Crippen molar-refractivity contribution in [1.82, 2.24) is 14.8 Å². The van der Waals surface area contributed by atoms with Crippen molar-refractivity contribution in [2.24, 2.45) is 0 Å². The maximum atomic E-state index is 12.6. The first kappa shape index (κ1) is 21.1. The maximum absolute atomic E-state index is 12.6. The molecular weight excluding hydrogens is 432 g/mol. The van der Waals surface area contributed by atoms with Crippen molar-refractivity contribution in [2.75, 3.05) is 5.32 Å². The van der Waals surface area contributed by atoms with Gasteiger partial charge in [-0.1, -0.05) is 35.9 Å². The number of aromatic nitrogens is 3. The summed E-state index contributed by atoms with van der Waals surface area (Å²) in [5.41, 5.74) is 4.25. The van der Waals surface area contributed by atoms with E-state index < -0.39 is 0 Å². The molecule has 0 aliphatic heterocycles. The molecule has 2 aromatic heterocycles. The lowest BCUT2D eigenvalue weighted by Gasteiger charge is -2.09. The van der Waals surface area contributed by atoms with Crippen molar-refractivity contribution in [3.8, 4) is 5.75 Å². The fourth-order valence-electron chi connectivity index (χ4n) is 3.03. The number of aryl methyl sites for hydroxylation is 1. The molecular formula is C23H21ClN4O2S. The highest BCUT2D eigenvalue weighted by Gasteiger charge is 2.13. The Morgan fingerprint density at radius 3 is 2.84 bits per heavy atom. The second kappa shape index (κ2) is 9.32. The van der Waals surface area contributed by atoms with Gasteiger partial charge in [0.25, 0.3) is 5.91 Å². The van der Waals surface area contributed by atoms with Crippen LogP contribution in [0, 0.1) is 13.8 Å². The van der Waals surface area contributed by atoms with Crippen LogP contribution in [0.1, 0.15) is 31.9 Å². The molecule has 0 bridgehead atoms. The monoisotopic (exact) mass is 452 g/mol. The van der Waals surface area contributed by atoms with Gasteiger partial charge in [0.2, 0.25) is 5.95 Å². The Labute approximate surface area is 189 Å². The summed E-state index contributed by atoms with van der Waals surface area (Å²) < 4.78 is 7.57. The highest BCUT2D eigenvalue weighted by atomic mass is 35.5. The van der Waals surface area contributed by atoms with Crippen LogP contribution < -0.4 is 10.1 Å². The normalized spacial score (nSPS) is 10.8. The highest BCUT2D eigenvalue weighted by Crippen LogP contribution is 2.23. The van der Waals surface area contributed by atoms with Crippen molar-refractivity contribution in [3.05, 3.63) is 92.4 Å². The Morgan fingerprint density at radius 2 is 2.00 bits per heavy atom. The molecule has 0 fully saturated rings. The smallest absolute Gasteiger partial charge is 0.268 e. The van der Waals surface area contributed by atoms with Gasteiger partial charge in [-0.25, -0.2) is 9.67 Å². The van der Waals surface area contributed by atoms with Gasteiger partial charge in [0, 0.05) is 10.6 Å². The van der Waals surface area contributed by atoms with Crippen molar-refractivity contribution in [1.29, 1.82) is 0 Å². The maximum Gasteiger partial charge on any atom is 0.268 e. The van der Waals surface area contributed by atoms with Crippen LogP contribution in [0.5, 0.6) is 5.75 Å². The Kier molecular flexibility index (Phi) is 6.34. The predicted octanol–water partition coefficient (Wildman–Crippen LogP) is 5.49. The topological polar surface area (TPSA) is 69.0 Å². The number of anilines is 1. The van der Waals surface area contributed by atoms with E-state index in [2.05, 4.69) is 28.4 Å². The summed E-state index contributed by atoms with van der Waals surface area (Å²) >= 11 is 7.38. The summed E-state index contributed by atoms with van der Waals surface area (Å²) in [6.45, 7) is 5.01. The van der Waals surface area contributed by atoms with E-state index in [1.165, 1.54) is 16.9 Å². The molecule has 0 saturated carbocycles. The minimum Gasteiger partial charge on any atom is -0.489 e. The predicted molar refractivity (Wildman–Crippen MR) is 123 cm³/mol. The summed E-state index contributed by atoms with van der Waals surface area (Å²) in [5.74, 6) is 0.865. The number of hydrogen-bond acceptors (Lipinski definition) is 5. The molecule has 6 nitrogen and oxygen atoms in total. The van der Waals surface area contributed by atoms with Crippen LogP contribution in [0.2, 0.25) is 5.02 Å². The van der Waals surface area contributed by atoms with Gasteiger partial charge in [-0.05, 0) is 60.2 Å². The zero-order chi connectivity index (χ0) is 21.8. The number of halogens is 1. The zero-order valence-corrected chi connectivity index (χ0v) is 18.7. The van der Waals surface area contributed by atoms with E-state index in [4.69, 9.17) is 16.3 Å². The molecule has 4 rings (SSSR count). The van der Waals surface area contributed by atoms with Gasteiger partial charge < -0.3 is 4.74 Å². The van der Waals surface area contributed by atoms with E-state index in [0.717, 1.165) is 22.4 Å². The third-order valence-corrected chi connectivity index (χ3v) is 6.04. The third-order valence-electron chi connectivity index (χ3n) is 4.82. The lowest BCUT2D eigenvalue weighted by Crippen LogP contribution is -2.12. The van der Waals surface area contributed by atoms with Gasteiger partial charge in [-0.2, -0.15) is 0 Å². The fraction of sp³-hybridized carbons (Fsp3) is 0.174. The van der Waals surface area contributed by atoms with Gasteiger partial charge in [0.15, 0.2) is 0 Å². The molecule has 2 aromatic carbocycles. The fourth-order valence-corrected chi connectivity index (χ4v) is 4.03. The van der Waals surface area contributed by atoms with Gasteiger partial charge in [-0.3, -0.25) is 10.1 Å². The average Bonchev–Trinajstić information content (AvgIpc) is 3.39. The molecule has 8 heteroatoms. The molecule has 0 aliphatic rings. The molecule has 31 heavy (non-hydrogen) atoms. The number of carbonyl (C=O) groups excluding carboxylic acids is 1. The number of carbonyl (C=O) groups is 1. The van der Waals surface area contributed by atoms with Crippen LogP contribution in [0.25, 0.3) is 0 Å². The van der Waals surface area contributed by atoms with Crippen molar-refractivity contribution >= 4 is 34.8 Å². The Hall–Kier alpha value is -3.16. The molecule has 1 N–H and O–H groups in total. The summed E-state index contributed by atoms with van der Waals surface area (Å²) in [5, 5.41) is 9.64. The average molecular weight is 453 g/mol. The lowest BCUT2D eigenvalue weighted by molar-refractivity contribution is 0.102. The standard InChI is InChI=1S/C23H21ClN4O2S/c1-15-5-3-8-20(16(15)2)30-12-18-10-21(31-13-18)22(29)26-23-25-14-28(27-23)11-17-6-4-7-19(24)9-17/h3-10,13-14H,11-12H2,1-2H3,(H,26,27,29). The number of hydrogen-bond donors (Lipinski definition) is 1. The quantitative estimate of drug-likeness (QED) is 0.402. The second-order valence-corrected chi connectivity index (χ2v) is 8.50. The van der Waals surface area contributed by atoms with E-state index in [0.29, 0.717) is 23.1 Å². The summed E-state index contributed by atoms with van der Waals surface area (Å²) in [6, 6.07) is 15.3. The number of benzene rings is 2. The molecule has 158 valence electrons. The molecule has 0 unspecified atom stereocenters. The Morgan fingerprint density at radius 1 is 1.16 bits per heavy atom. The number of thiophene rings is 1. The van der Waals surface area contributed by atoms with E-state index in [1.54, 1.807) is 11.0 Å². The van der Waals surface area contributed by atoms with Gasteiger partial charge >= 0.3 is 0 Å². The van der Waals surface area contributed by atoms with Crippen molar-refractivity contribution in [3.63, 3.8) is 0 Å². The molecule has 0 atom stereocenters. The van der Waals surface area contributed by atoms with Crippen LogP contribution in [0.15, 0.2) is 60.2 Å². The SMILES string of the molecule is Cc1cccc(OCc2csc(C(=O)Nc3ncn(Cc4cccc(Cl)c4)n3)c2)c1C. The largest absolute Gasteiger partial charge is 0.489 e. The first-order chi connectivity index (χ1) is 15.0. The zero-order valence-electron chi connectivity index (χ0n) is 17.1. The second-order valence-electron chi connectivity index (χ2n) is 7.16. The lowest BCUT2D eigenvalue weighted by atomic mass is 10.1. The molecule has 0 radical (unpaired) electrons. The van der Waals surface area contributed by atoms with Crippen LogP contribution in [-0.4, -0.2) is 20.7 Å². The molecule has 0 spiro atoms. The third kappa shape index (κ3) is 5.31. The van der Waals surface area contributed by atoms with Crippen LogP contribution in [-0.2, 0) is 13.2 Å². The molecule has 2 heterocycles. The van der Waals surface area contributed by atoms with E-state index in [9.17, 15) is 4.79 Å². The van der Waals surface area contributed by atoms with E-state index >= 15 is 0 Å². The highest BCUT2D eigenvalue weighted by molar-refractivity contribution is 7.12. The number of nitrogens with one attached hydrogen (secondary N) is 1. The summed E-state index contributed by atoms with van der Waals surface area (Å²) in [6.07, 6.45) is 1.58. The minimum absolute atomic E-state index is 0.247. The summed E-state index contributed by atoms with van der Waals surface area (Å²) in [7, 11) is 0. The first-order valence-electron chi connectivity index (χ1n) is 9.69. The van der Waals surface area contributed by atoms with Crippen LogP contribution in [0.3, 0.4) is 0 Å².